The zero-order valence-corrected chi connectivity index (χ0v) is 41.8. The molecular formula is C59H71N3O9. The minimum absolute atomic E-state index is 0.0171. The molecule has 6 unspecified atom stereocenters. The van der Waals surface area contributed by atoms with Crippen LogP contribution in [-0.4, -0.2) is 82.4 Å². The van der Waals surface area contributed by atoms with Gasteiger partial charge in [-0.3, -0.25) is 9.88 Å². The minimum Gasteiger partial charge on any atom is -0.487 e. The van der Waals surface area contributed by atoms with E-state index in [9.17, 15) is 10.2 Å². The third kappa shape index (κ3) is 12.4. The molecule has 12 nitrogen and oxygen atoms in total. The molecule has 0 spiro atoms. The fourth-order valence-corrected chi connectivity index (χ4v) is 10.7. The summed E-state index contributed by atoms with van der Waals surface area (Å²) in [5.41, 5.74) is 5.66. The summed E-state index contributed by atoms with van der Waals surface area (Å²) >= 11 is 0. The van der Waals surface area contributed by atoms with Gasteiger partial charge in [-0.05, 0) is 123 Å². The molecule has 71 heavy (non-hydrogen) atoms. The molecule has 2 aliphatic carbocycles. The number of carbonyl (C=O) groups excluding carboxylic acids is 1. The molecule has 1 aliphatic heterocycles. The number of nitrogens with zero attached hydrogens (tertiary/aromatic N) is 3. The van der Waals surface area contributed by atoms with Gasteiger partial charge in [-0.1, -0.05) is 109 Å². The van der Waals surface area contributed by atoms with Crippen molar-refractivity contribution in [2.45, 2.75) is 116 Å². The molecule has 376 valence electrons. The lowest BCUT2D eigenvalue weighted by atomic mass is 9.55. The summed E-state index contributed by atoms with van der Waals surface area (Å²) in [6, 6.07) is 35.3. The molecule has 0 saturated heterocycles. The van der Waals surface area contributed by atoms with E-state index in [1.807, 2.05) is 107 Å². The van der Waals surface area contributed by atoms with Crippen LogP contribution in [0.2, 0.25) is 0 Å². The molecule has 8 rings (SSSR count). The second-order valence-corrected chi connectivity index (χ2v) is 20.0. The standard InChI is InChI=1S/C59H71N3O9/c1-6-32-69-59-54(62(38-45-24-17-23-43-21-10-11-26-48(43)45)57(65)67-34-33-66-39-42-19-8-7-9-20-42)37-52(61-71-58(3,4)5)50-35-44(22-12-14-30-63)49(27-13-15-31-64)55(56(50)59)51-36-47(28-29-53(51)70-59)68-40-46-25-16-18-41(2)60-46/h6-11,16-21,23-26,28-29,35-36,44,49,54-56,63-64H,1,12-15,22,27,30-34,37-40H2,2-5H3. The third-order valence-electron chi connectivity index (χ3n) is 13.8. The van der Waals surface area contributed by atoms with Crippen LogP contribution in [0.15, 0.2) is 139 Å². The van der Waals surface area contributed by atoms with Crippen molar-refractivity contribution in [1.82, 2.24) is 9.88 Å². The van der Waals surface area contributed by atoms with E-state index in [4.69, 9.17) is 38.7 Å². The average Bonchev–Trinajstić information content (AvgIpc) is 3.37. The number of rotatable bonds is 23. The largest absolute Gasteiger partial charge is 0.487 e. The van der Waals surface area contributed by atoms with Gasteiger partial charge in [0.15, 0.2) is 0 Å². The van der Waals surface area contributed by atoms with Gasteiger partial charge < -0.3 is 38.7 Å². The van der Waals surface area contributed by atoms with Crippen molar-refractivity contribution in [3.63, 3.8) is 0 Å². The maximum absolute atomic E-state index is 15.3. The Labute approximate surface area is 419 Å². The minimum atomic E-state index is -1.50. The van der Waals surface area contributed by atoms with Crippen LogP contribution in [-0.2, 0) is 38.8 Å². The van der Waals surface area contributed by atoms with Crippen molar-refractivity contribution in [2.75, 3.05) is 33.0 Å². The van der Waals surface area contributed by atoms with Gasteiger partial charge in [0.1, 0.15) is 36.4 Å². The van der Waals surface area contributed by atoms with E-state index in [1.165, 1.54) is 0 Å². The first kappa shape index (κ1) is 51.3. The summed E-state index contributed by atoms with van der Waals surface area (Å²) in [7, 11) is 0. The highest BCUT2D eigenvalue weighted by Gasteiger charge is 2.66. The summed E-state index contributed by atoms with van der Waals surface area (Å²) in [5.74, 6) is -0.870. The number of aromatic nitrogens is 1. The van der Waals surface area contributed by atoms with Crippen LogP contribution in [0.25, 0.3) is 10.8 Å². The molecule has 4 aromatic carbocycles. The van der Waals surface area contributed by atoms with Gasteiger partial charge in [0.25, 0.3) is 0 Å². The molecule has 1 aromatic heterocycles. The highest BCUT2D eigenvalue weighted by Crippen LogP contribution is 2.62. The van der Waals surface area contributed by atoms with Crippen LogP contribution in [0.4, 0.5) is 4.79 Å². The molecule has 12 heteroatoms. The van der Waals surface area contributed by atoms with E-state index in [0.29, 0.717) is 36.7 Å². The second kappa shape index (κ2) is 23.9. The zero-order chi connectivity index (χ0) is 49.8. The van der Waals surface area contributed by atoms with E-state index in [1.54, 1.807) is 11.0 Å². The van der Waals surface area contributed by atoms with E-state index < -0.39 is 29.4 Å². The number of aliphatic hydroxyl groups excluding tert-OH is 2. The van der Waals surface area contributed by atoms with E-state index in [0.717, 1.165) is 70.1 Å². The highest BCUT2D eigenvalue weighted by atomic mass is 16.7. The third-order valence-corrected chi connectivity index (χ3v) is 13.8. The van der Waals surface area contributed by atoms with Gasteiger partial charge in [-0.2, -0.15) is 0 Å². The van der Waals surface area contributed by atoms with Crippen LogP contribution in [0, 0.1) is 24.7 Å². The number of aliphatic hydroxyl groups is 2. The number of oxime groups is 1. The molecule has 1 amide bonds. The fraction of sp³-hybridized carbons (Fsp3) is 0.441. The van der Waals surface area contributed by atoms with Crippen LogP contribution in [0.3, 0.4) is 0 Å². The van der Waals surface area contributed by atoms with Gasteiger partial charge in [-0.25, -0.2) is 4.79 Å². The molecule has 2 heterocycles. The maximum atomic E-state index is 15.3. The Morgan fingerprint density at radius 3 is 2.44 bits per heavy atom. The first-order chi connectivity index (χ1) is 34.5. The molecule has 3 aliphatic rings. The Morgan fingerprint density at radius 1 is 0.901 bits per heavy atom. The normalized spacial score (nSPS) is 21.9. The lowest BCUT2D eigenvalue weighted by Crippen LogP contribution is -2.70. The summed E-state index contributed by atoms with van der Waals surface area (Å²) < 4.78 is 33.6. The Balaban J connectivity index is 1.29. The number of carbonyl (C=O) groups is 1. The van der Waals surface area contributed by atoms with Crippen molar-refractivity contribution in [3.8, 4) is 11.5 Å². The first-order valence-electron chi connectivity index (χ1n) is 25.4. The van der Waals surface area contributed by atoms with Crippen molar-refractivity contribution < 1.29 is 43.5 Å². The quantitative estimate of drug-likeness (QED) is 0.0369. The zero-order valence-electron chi connectivity index (χ0n) is 41.8. The molecular weight excluding hydrogens is 895 g/mol. The number of aryl methyl sites for hydroxylation is 1. The predicted octanol–water partition coefficient (Wildman–Crippen LogP) is 11.4. The molecule has 1 saturated carbocycles. The number of allylic oxidation sites excluding steroid dienone is 1. The van der Waals surface area contributed by atoms with Crippen LogP contribution in [0.1, 0.15) is 99.7 Å². The number of unbranched alkanes of at least 4 members (excludes halogenated alkanes) is 2. The van der Waals surface area contributed by atoms with Gasteiger partial charge in [0.05, 0.1) is 43.7 Å². The summed E-state index contributed by atoms with van der Waals surface area (Å²) in [5, 5.41) is 27.2. The van der Waals surface area contributed by atoms with E-state index in [-0.39, 0.29) is 70.4 Å². The van der Waals surface area contributed by atoms with Crippen molar-refractivity contribution in [3.05, 3.63) is 162 Å². The van der Waals surface area contributed by atoms with E-state index in [2.05, 4.69) is 43.0 Å². The Kier molecular flexibility index (Phi) is 17.3. The number of amides is 1. The van der Waals surface area contributed by atoms with Crippen molar-refractivity contribution >= 4 is 22.6 Å². The number of fused-ring (bicyclic) bond motifs is 3. The van der Waals surface area contributed by atoms with Crippen LogP contribution in [0.5, 0.6) is 11.5 Å². The molecule has 0 bridgehead atoms. The number of hydrogen-bond donors (Lipinski definition) is 2. The molecule has 2 N–H and O–H groups in total. The number of pyridine rings is 1. The van der Waals surface area contributed by atoms with Gasteiger partial charge in [0.2, 0.25) is 5.79 Å². The van der Waals surface area contributed by atoms with Crippen molar-refractivity contribution in [1.29, 1.82) is 0 Å². The summed E-state index contributed by atoms with van der Waals surface area (Å²) in [4.78, 5) is 28.1. The number of ether oxygens (including phenoxy) is 5. The Morgan fingerprint density at radius 2 is 1.66 bits per heavy atom. The summed E-state index contributed by atoms with van der Waals surface area (Å²) in [6.07, 6.45) is 8.30. The second-order valence-electron chi connectivity index (χ2n) is 20.0. The Bertz CT molecular complexity index is 2620. The van der Waals surface area contributed by atoms with E-state index >= 15 is 4.79 Å². The maximum Gasteiger partial charge on any atom is 0.410 e. The molecule has 0 radical (unpaired) electrons. The van der Waals surface area contributed by atoms with Crippen LogP contribution < -0.4 is 9.47 Å². The SMILES string of the molecule is C=CCOC12Oc3ccc(OCc4cccc(C)n4)cc3C3C(CCCCO)C(CCCCO)C=C(C(=NOC(C)(C)C)CC1N(Cc1cccc4ccccc14)C(=O)OCCOCc1ccccc1)C32. The molecule has 5 aromatic rings. The molecule has 6 atom stereocenters. The number of hydrogen-bond acceptors (Lipinski definition) is 11. The van der Waals surface area contributed by atoms with Crippen LogP contribution >= 0.6 is 0 Å². The first-order valence-corrected chi connectivity index (χ1v) is 25.4. The monoisotopic (exact) mass is 966 g/mol. The lowest BCUT2D eigenvalue weighted by Gasteiger charge is -2.60. The Hall–Kier alpha value is -6.05. The van der Waals surface area contributed by atoms with Gasteiger partial charge in [-0.15, -0.1) is 6.58 Å². The molecule has 1 fully saturated rings. The smallest absolute Gasteiger partial charge is 0.410 e. The lowest BCUT2D eigenvalue weighted by molar-refractivity contribution is -0.256. The summed E-state index contributed by atoms with van der Waals surface area (Å²) in [6.45, 7) is 13.3. The topological polar surface area (TPSA) is 141 Å². The fourth-order valence-electron chi connectivity index (χ4n) is 10.7. The predicted molar refractivity (Wildman–Crippen MR) is 276 cm³/mol. The number of benzene rings is 4. The van der Waals surface area contributed by atoms with Gasteiger partial charge >= 0.3 is 6.09 Å². The van der Waals surface area contributed by atoms with Gasteiger partial charge in [0, 0.05) is 36.8 Å². The average molecular weight is 966 g/mol. The highest BCUT2D eigenvalue weighted by molar-refractivity contribution is 6.03. The van der Waals surface area contributed by atoms with Crippen molar-refractivity contribution in [2.24, 2.45) is 22.9 Å².